The van der Waals surface area contributed by atoms with Crippen LogP contribution < -0.4 is 5.32 Å². The molecule has 1 amide bonds. The summed E-state index contributed by atoms with van der Waals surface area (Å²) < 4.78 is 0. The van der Waals surface area contributed by atoms with Crippen molar-refractivity contribution in [1.29, 1.82) is 0 Å². The van der Waals surface area contributed by atoms with Crippen LogP contribution in [0.25, 0.3) is 22.4 Å². The van der Waals surface area contributed by atoms with Crippen molar-refractivity contribution < 1.29 is 4.79 Å². The number of hydrogen-bond donors (Lipinski definition) is 2. The van der Waals surface area contributed by atoms with Crippen LogP contribution >= 0.6 is 0 Å². The van der Waals surface area contributed by atoms with E-state index in [9.17, 15) is 4.79 Å². The summed E-state index contributed by atoms with van der Waals surface area (Å²) in [4.78, 5) is 16.8. The van der Waals surface area contributed by atoms with Crippen LogP contribution in [0.2, 0.25) is 0 Å². The Kier molecular flexibility index (Phi) is 4.97. The van der Waals surface area contributed by atoms with Crippen molar-refractivity contribution in [2.75, 3.05) is 0 Å². The number of nitrogens with one attached hydrogen (secondary N) is 2. The fourth-order valence-electron chi connectivity index (χ4n) is 3.18. The zero-order valence-electron chi connectivity index (χ0n) is 15.5. The molecule has 2 N–H and O–H groups in total. The second kappa shape index (κ2) is 7.88. The van der Waals surface area contributed by atoms with Crippen molar-refractivity contribution in [3.8, 4) is 22.4 Å². The summed E-state index contributed by atoms with van der Waals surface area (Å²) in [5, 5.41) is 10.3. The Bertz CT molecular complexity index is 1070. The van der Waals surface area contributed by atoms with Gasteiger partial charge in [-0.05, 0) is 42.3 Å². The first-order valence-corrected chi connectivity index (χ1v) is 9.12. The van der Waals surface area contributed by atoms with Crippen molar-refractivity contribution in [3.63, 3.8) is 0 Å². The van der Waals surface area contributed by atoms with Gasteiger partial charge in [-0.25, -0.2) is 0 Å². The Morgan fingerprint density at radius 1 is 0.964 bits per heavy atom. The smallest absolute Gasteiger partial charge is 0.251 e. The van der Waals surface area contributed by atoms with Crippen molar-refractivity contribution in [2.24, 2.45) is 0 Å². The average Bonchev–Trinajstić information content (AvgIpc) is 3.25. The van der Waals surface area contributed by atoms with Crippen LogP contribution in [0.15, 0.2) is 85.3 Å². The standard InChI is InChI=1S/C23H20N4O/c1-16(17-6-3-2-4-7-17)26-23(28)20-9-5-8-19(14-20)22-21(15-25-27-22)18-10-12-24-13-11-18/h2-16H,1H3,(H,25,27)(H,26,28). The number of rotatable bonds is 5. The Morgan fingerprint density at radius 2 is 1.75 bits per heavy atom. The van der Waals surface area contributed by atoms with Crippen LogP contribution in [-0.2, 0) is 0 Å². The van der Waals surface area contributed by atoms with Gasteiger partial charge in [-0.3, -0.25) is 14.9 Å². The number of carbonyl (C=O) groups is 1. The number of H-pyrrole nitrogens is 1. The van der Waals surface area contributed by atoms with Gasteiger partial charge in [-0.15, -0.1) is 0 Å². The van der Waals surface area contributed by atoms with E-state index < -0.39 is 0 Å². The lowest BCUT2D eigenvalue weighted by atomic mass is 10.0. The highest BCUT2D eigenvalue weighted by molar-refractivity contribution is 5.96. The molecule has 2 aromatic carbocycles. The second-order valence-electron chi connectivity index (χ2n) is 6.58. The highest BCUT2D eigenvalue weighted by Gasteiger charge is 2.14. The summed E-state index contributed by atoms with van der Waals surface area (Å²) in [5.41, 5.74) is 5.45. The van der Waals surface area contributed by atoms with E-state index in [-0.39, 0.29) is 11.9 Å². The molecule has 0 aliphatic carbocycles. The van der Waals surface area contributed by atoms with Gasteiger partial charge in [0.1, 0.15) is 0 Å². The molecule has 0 saturated carbocycles. The molecule has 4 aromatic rings. The molecule has 1 atom stereocenters. The lowest BCUT2D eigenvalue weighted by Gasteiger charge is -2.14. The highest BCUT2D eigenvalue weighted by atomic mass is 16.1. The van der Waals surface area contributed by atoms with E-state index in [2.05, 4.69) is 20.5 Å². The van der Waals surface area contributed by atoms with Gasteiger partial charge in [-0.2, -0.15) is 5.10 Å². The van der Waals surface area contributed by atoms with Gasteiger partial charge in [0, 0.05) is 29.1 Å². The Labute approximate surface area is 163 Å². The normalized spacial score (nSPS) is 11.8. The summed E-state index contributed by atoms with van der Waals surface area (Å²) >= 11 is 0. The molecule has 0 saturated heterocycles. The quantitative estimate of drug-likeness (QED) is 0.539. The number of amides is 1. The Morgan fingerprint density at radius 3 is 2.54 bits per heavy atom. The van der Waals surface area contributed by atoms with Crippen molar-refractivity contribution >= 4 is 5.91 Å². The molecular formula is C23H20N4O. The third kappa shape index (κ3) is 3.69. The Hall–Kier alpha value is -3.73. The summed E-state index contributed by atoms with van der Waals surface area (Å²) in [6.07, 6.45) is 5.29. The number of nitrogens with zero attached hydrogens (tertiary/aromatic N) is 2. The maximum Gasteiger partial charge on any atom is 0.251 e. The van der Waals surface area contributed by atoms with E-state index in [4.69, 9.17) is 0 Å². The monoisotopic (exact) mass is 368 g/mol. The number of benzene rings is 2. The largest absolute Gasteiger partial charge is 0.346 e. The maximum atomic E-state index is 12.8. The zero-order chi connectivity index (χ0) is 19.3. The van der Waals surface area contributed by atoms with Crippen LogP contribution in [0.3, 0.4) is 0 Å². The third-order valence-corrected chi connectivity index (χ3v) is 4.69. The number of aromatic nitrogens is 3. The van der Waals surface area contributed by atoms with Gasteiger partial charge in [-0.1, -0.05) is 42.5 Å². The van der Waals surface area contributed by atoms with Gasteiger partial charge in [0.15, 0.2) is 0 Å². The van der Waals surface area contributed by atoms with Crippen LogP contribution in [0, 0.1) is 0 Å². The van der Waals surface area contributed by atoms with E-state index >= 15 is 0 Å². The fourth-order valence-corrected chi connectivity index (χ4v) is 3.18. The molecule has 5 nitrogen and oxygen atoms in total. The van der Waals surface area contributed by atoms with Gasteiger partial charge < -0.3 is 5.32 Å². The molecule has 0 spiro atoms. The van der Waals surface area contributed by atoms with Crippen molar-refractivity contribution in [1.82, 2.24) is 20.5 Å². The number of carbonyl (C=O) groups excluding carboxylic acids is 1. The highest BCUT2D eigenvalue weighted by Crippen LogP contribution is 2.30. The lowest BCUT2D eigenvalue weighted by molar-refractivity contribution is 0.0940. The minimum atomic E-state index is -0.108. The molecule has 0 bridgehead atoms. The van der Waals surface area contributed by atoms with E-state index in [0.717, 1.165) is 27.9 Å². The molecule has 5 heteroatoms. The van der Waals surface area contributed by atoms with Gasteiger partial charge >= 0.3 is 0 Å². The summed E-state index contributed by atoms with van der Waals surface area (Å²) in [6.45, 7) is 1.98. The van der Waals surface area contributed by atoms with E-state index in [1.165, 1.54) is 0 Å². The van der Waals surface area contributed by atoms with Crippen LogP contribution in [0.1, 0.15) is 28.9 Å². The molecule has 2 aromatic heterocycles. The fraction of sp³-hybridized carbons (Fsp3) is 0.0870. The first kappa shape index (κ1) is 17.7. The number of aromatic amines is 1. The summed E-state index contributed by atoms with van der Waals surface area (Å²) in [6, 6.07) is 21.3. The summed E-state index contributed by atoms with van der Waals surface area (Å²) in [5.74, 6) is -0.108. The average molecular weight is 368 g/mol. The minimum absolute atomic E-state index is 0.0723. The molecule has 0 aliphatic heterocycles. The van der Waals surface area contributed by atoms with Crippen LogP contribution in [-0.4, -0.2) is 21.1 Å². The van der Waals surface area contributed by atoms with Crippen molar-refractivity contribution in [2.45, 2.75) is 13.0 Å². The van der Waals surface area contributed by atoms with E-state index in [0.29, 0.717) is 5.56 Å². The van der Waals surface area contributed by atoms with Gasteiger partial charge in [0.2, 0.25) is 0 Å². The van der Waals surface area contributed by atoms with E-state index in [1.807, 2.05) is 73.7 Å². The van der Waals surface area contributed by atoms with Crippen molar-refractivity contribution in [3.05, 3.63) is 96.4 Å². The third-order valence-electron chi connectivity index (χ3n) is 4.69. The maximum absolute atomic E-state index is 12.8. The lowest BCUT2D eigenvalue weighted by Crippen LogP contribution is -2.26. The summed E-state index contributed by atoms with van der Waals surface area (Å²) in [7, 11) is 0. The van der Waals surface area contributed by atoms with Crippen LogP contribution in [0.4, 0.5) is 0 Å². The minimum Gasteiger partial charge on any atom is -0.346 e. The van der Waals surface area contributed by atoms with E-state index in [1.54, 1.807) is 18.6 Å². The predicted molar refractivity (Wildman–Crippen MR) is 110 cm³/mol. The molecule has 0 radical (unpaired) electrons. The second-order valence-corrected chi connectivity index (χ2v) is 6.58. The molecular weight excluding hydrogens is 348 g/mol. The number of pyridine rings is 1. The molecule has 0 fully saturated rings. The first-order chi connectivity index (χ1) is 13.7. The SMILES string of the molecule is CC(NC(=O)c1cccc(-c2[nH]ncc2-c2ccncc2)c1)c1ccccc1. The topological polar surface area (TPSA) is 70.7 Å². The van der Waals surface area contributed by atoms with Crippen LogP contribution in [0.5, 0.6) is 0 Å². The molecule has 0 aliphatic rings. The molecule has 138 valence electrons. The van der Waals surface area contributed by atoms with Gasteiger partial charge in [0.05, 0.1) is 17.9 Å². The zero-order valence-corrected chi connectivity index (χ0v) is 15.5. The predicted octanol–water partition coefficient (Wildman–Crippen LogP) is 4.63. The molecule has 2 heterocycles. The molecule has 28 heavy (non-hydrogen) atoms. The number of hydrogen-bond acceptors (Lipinski definition) is 3. The Balaban J connectivity index is 1.59. The molecule has 1 unspecified atom stereocenters. The molecule has 4 rings (SSSR count). The first-order valence-electron chi connectivity index (χ1n) is 9.12. The van der Waals surface area contributed by atoms with Gasteiger partial charge in [0.25, 0.3) is 5.91 Å².